The number of hydrogen-bond donors (Lipinski definition) is 4. The monoisotopic (exact) mass is 949 g/mol. The van der Waals surface area contributed by atoms with E-state index in [1.54, 1.807) is 37.5 Å². The van der Waals surface area contributed by atoms with Gasteiger partial charge in [0, 0.05) is 45.8 Å². The van der Waals surface area contributed by atoms with Crippen LogP contribution in [-0.2, 0) is 47.7 Å². The van der Waals surface area contributed by atoms with E-state index < -0.39 is 12.1 Å². The van der Waals surface area contributed by atoms with Gasteiger partial charge in [-0.3, -0.25) is 24.1 Å². The summed E-state index contributed by atoms with van der Waals surface area (Å²) < 4.78 is 28.2. The van der Waals surface area contributed by atoms with Crippen molar-refractivity contribution in [1.29, 1.82) is 0 Å². The number of thiophene rings is 1. The Balaban J connectivity index is 0. The quantitative estimate of drug-likeness (QED) is 0.0481. The fourth-order valence-electron chi connectivity index (χ4n) is 7.24. The number of aliphatic hydroxyl groups excluding tert-OH is 1. The molecule has 2 rings (SSSR count). The van der Waals surface area contributed by atoms with Crippen LogP contribution in [0.25, 0.3) is 0 Å². The summed E-state index contributed by atoms with van der Waals surface area (Å²) in [5.74, 6) is 5.67. The summed E-state index contributed by atoms with van der Waals surface area (Å²) in [7, 11) is 6.91. The first-order valence-corrected chi connectivity index (χ1v) is 24.2. The first-order valence-electron chi connectivity index (χ1n) is 23.3. The molecule has 18 heteroatoms. The van der Waals surface area contributed by atoms with E-state index in [4.69, 9.17) is 34.7 Å². The lowest BCUT2D eigenvalue weighted by Gasteiger charge is -2.39. The third kappa shape index (κ3) is 29.6. The van der Waals surface area contributed by atoms with E-state index >= 15 is 0 Å². The van der Waals surface area contributed by atoms with Gasteiger partial charge in [0.25, 0.3) is 0 Å². The Labute approximate surface area is 397 Å². The third-order valence-electron chi connectivity index (χ3n) is 10.5. The summed E-state index contributed by atoms with van der Waals surface area (Å²) in [6, 6.07) is 3.39. The van der Waals surface area contributed by atoms with E-state index in [-0.39, 0.29) is 73.2 Å². The first kappa shape index (κ1) is 64.3. The minimum Gasteiger partial charge on any atom is -0.395 e. The van der Waals surface area contributed by atoms with Crippen molar-refractivity contribution in [3.63, 3.8) is 0 Å². The lowest BCUT2D eigenvalue weighted by molar-refractivity contribution is -0.144. The van der Waals surface area contributed by atoms with Gasteiger partial charge in [-0.2, -0.15) is 0 Å². The minimum absolute atomic E-state index is 0.00500. The molecule has 6 unspecified atom stereocenters. The predicted octanol–water partition coefficient (Wildman–Crippen LogP) is 4.38. The van der Waals surface area contributed by atoms with Crippen LogP contribution in [-0.4, -0.2) is 182 Å². The van der Waals surface area contributed by atoms with Crippen molar-refractivity contribution < 1.29 is 52.8 Å². The Morgan fingerprint density at radius 2 is 1.52 bits per heavy atom. The van der Waals surface area contributed by atoms with Gasteiger partial charge in [0.2, 0.25) is 24.1 Å². The molecule has 0 radical (unpaired) electrons. The number of aryl methyl sites for hydroxylation is 1. The molecular formula is C47H92N6O11S. The molecule has 1 aliphatic heterocycles. The van der Waals surface area contributed by atoms with E-state index in [0.29, 0.717) is 72.3 Å². The zero-order valence-electron chi connectivity index (χ0n) is 42.7. The molecule has 0 bridgehead atoms. The second-order valence-electron chi connectivity index (χ2n) is 17.4. The second kappa shape index (κ2) is 40.3. The van der Waals surface area contributed by atoms with Crippen LogP contribution in [0.5, 0.6) is 0 Å². The van der Waals surface area contributed by atoms with Crippen LogP contribution in [0.1, 0.15) is 92.9 Å². The van der Waals surface area contributed by atoms with Crippen molar-refractivity contribution >= 4 is 35.5 Å². The molecule has 5 N–H and O–H groups in total. The summed E-state index contributed by atoms with van der Waals surface area (Å²) in [5, 5.41) is 15.2. The van der Waals surface area contributed by atoms with E-state index in [9.17, 15) is 19.2 Å². The van der Waals surface area contributed by atoms with Crippen LogP contribution in [0.3, 0.4) is 0 Å². The highest BCUT2D eigenvalue weighted by molar-refractivity contribution is 7.09. The number of likely N-dealkylation sites (tertiary alicyclic amines) is 1. The molecule has 4 amide bonds. The van der Waals surface area contributed by atoms with Gasteiger partial charge in [0.05, 0.1) is 96.2 Å². The number of hydrogen-bond acceptors (Lipinski definition) is 14. The van der Waals surface area contributed by atoms with Crippen LogP contribution < -0.4 is 16.5 Å². The third-order valence-corrected chi connectivity index (χ3v) is 11.3. The fraction of sp³-hybridized carbons (Fsp3) is 0.830. The number of carbonyl (C=O) groups excluding carboxylic acids is 4. The molecular weight excluding hydrogens is 857 g/mol. The molecule has 1 saturated heterocycles. The van der Waals surface area contributed by atoms with Crippen molar-refractivity contribution in [3.05, 3.63) is 22.4 Å². The van der Waals surface area contributed by atoms with Gasteiger partial charge in [0.15, 0.2) is 0 Å². The Hall–Kier alpha value is -2.78. The maximum Gasteiger partial charge on any atom is 0.242 e. The summed E-state index contributed by atoms with van der Waals surface area (Å²) in [6.45, 7) is 25.3. The molecule has 0 saturated carbocycles. The van der Waals surface area contributed by atoms with E-state index in [2.05, 4.69) is 88.4 Å². The molecule has 1 aromatic rings. The maximum absolute atomic E-state index is 13.7. The standard InChI is InChI=1S/C35H69N5O9.C5H6S.C4H10.C3H7NO2/c1-11-27(6)33(29(44-9)23-30(41)40-14-12-13-28(40)34(45-10)26(4)5)39(8)31(42)24-37-35(43)32(25(2)3)38(7)15-16-46-17-18-47-19-20-48-21-22-49-36;1-5-3-2-4-6-5;1-4(2)3;5-2-1-4-3-6/h25-29,32-34H,11-24,36H2,1-10H3,(H,37,43);2-4H,1H3;4H,1-3H3;3,5H,1-2H2,(H,4,6). The molecule has 1 fully saturated rings. The Kier molecular flexibility index (Phi) is 39.9. The van der Waals surface area contributed by atoms with Crippen LogP contribution in [0, 0.1) is 30.6 Å². The van der Waals surface area contributed by atoms with Gasteiger partial charge in [-0.05, 0) is 61.9 Å². The molecule has 6 atom stereocenters. The molecule has 65 heavy (non-hydrogen) atoms. The average Bonchev–Trinajstić information content (AvgIpc) is 3.95. The van der Waals surface area contributed by atoms with Crippen LogP contribution in [0.4, 0.5) is 0 Å². The molecule has 0 spiro atoms. The van der Waals surface area contributed by atoms with Gasteiger partial charge < -0.3 is 54.1 Å². The summed E-state index contributed by atoms with van der Waals surface area (Å²) in [4.78, 5) is 61.3. The lowest BCUT2D eigenvalue weighted by Crippen LogP contribution is -2.55. The van der Waals surface area contributed by atoms with E-state index in [0.717, 1.165) is 25.2 Å². The summed E-state index contributed by atoms with van der Waals surface area (Å²) >= 11 is 1.78. The topological polar surface area (TPSA) is 204 Å². The van der Waals surface area contributed by atoms with E-state index in [1.165, 1.54) is 4.88 Å². The molecule has 2 heterocycles. The predicted molar refractivity (Wildman–Crippen MR) is 259 cm³/mol. The number of nitrogens with one attached hydrogen (secondary N) is 2. The molecule has 17 nitrogen and oxygen atoms in total. The minimum atomic E-state index is -0.502. The Morgan fingerprint density at radius 1 is 0.938 bits per heavy atom. The van der Waals surface area contributed by atoms with Crippen molar-refractivity contribution in [2.24, 2.45) is 29.6 Å². The number of ether oxygens (including phenoxy) is 5. The van der Waals surface area contributed by atoms with Crippen LogP contribution in [0.15, 0.2) is 17.5 Å². The normalized spacial score (nSPS) is 15.8. The van der Waals surface area contributed by atoms with Crippen molar-refractivity contribution in [1.82, 2.24) is 25.3 Å². The molecule has 0 aliphatic carbocycles. The number of amides is 4. The summed E-state index contributed by atoms with van der Waals surface area (Å²) in [5.41, 5.74) is 0. The SMILES string of the molecule is CC(C)C.CCC(C)C(C(CC(=O)N1CCCC1C(OC)C(C)C)OC)N(C)C(=O)CNC(=O)C(C(C)C)N(C)CCOCCOCCOCCON.Cc1cccs1.O=CNCCO. The van der Waals surface area contributed by atoms with Gasteiger partial charge in [-0.1, -0.05) is 74.8 Å². The van der Waals surface area contributed by atoms with Crippen molar-refractivity contribution in [2.75, 3.05) is 107 Å². The Morgan fingerprint density at radius 3 is 1.94 bits per heavy atom. The number of methoxy groups -OCH3 is 2. The number of likely N-dealkylation sites (N-methyl/N-ethyl adjacent to an activating group) is 2. The smallest absolute Gasteiger partial charge is 0.242 e. The summed E-state index contributed by atoms with van der Waals surface area (Å²) in [6.07, 6.45) is 2.81. The van der Waals surface area contributed by atoms with Gasteiger partial charge >= 0.3 is 0 Å². The lowest BCUT2D eigenvalue weighted by atomic mass is 9.90. The number of rotatable bonds is 30. The molecule has 1 aliphatic rings. The highest BCUT2D eigenvalue weighted by atomic mass is 32.1. The average molecular weight is 949 g/mol. The van der Waals surface area contributed by atoms with Crippen molar-refractivity contribution in [2.45, 2.75) is 125 Å². The second-order valence-corrected chi connectivity index (χ2v) is 18.6. The number of aliphatic hydroxyl groups is 1. The molecule has 0 aromatic carbocycles. The number of nitrogens with two attached hydrogens (primary N) is 1. The van der Waals surface area contributed by atoms with Crippen LogP contribution >= 0.6 is 11.3 Å². The maximum atomic E-state index is 13.7. The molecule has 1 aromatic heterocycles. The van der Waals surface area contributed by atoms with Gasteiger partial charge in [-0.15, -0.1) is 11.3 Å². The fourth-order valence-corrected chi connectivity index (χ4v) is 7.77. The van der Waals surface area contributed by atoms with Crippen LogP contribution in [0.2, 0.25) is 0 Å². The van der Waals surface area contributed by atoms with E-state index in [1.807, 2.05) is 30.7 Å². The van der Waals surface area contributed by atoms with Gasteiger partial charge in [-0.25, -0.2) is 5.90 Å². The first-order chi connectivity index (χ1) is 30.9. The highest BCUT2D eigenvalue weighted by Gasteiger charge is 2.40. The molecule has 382 valence electrons. The number of nitrogens with zero attached hydrogens (tertiary/aromatic N) is 3. The van der Waals surface area contributed by atoms with Crippen molar-refractivity contribution in [3.8, 4) is 0 Å². The zero-order valence-corrected chi connectivity index (χ0v) is 43.5. The largest absolute Gasteiger partial charge is 0.395 e. The number of carbonyl (C=O) groups is 4. The highest BCUT2D eigenvalue weighted by Crippen LogP contribution is 2.29. The zero-order chi connectivity index (χ0) is 49.7. The van der Waals surface area contributed by atoms with Gasteiger partial charge in [0.1, 0.15) is 0 Å². The Bertz CT molecular complexity index is 1310.